The van der Waals surface area contributed by atoms with Crippen molar-refractivity contribution in [1.82, 2.24) is 15.5 Å². The Bertz CT molecular complexity index is 539. The maximum atomic E-state index is 5.39. The van der Waals surface area contributed by atoms with Crippen LogP contribution in [0.25, 0.3) is 0 Å². The topological polar surface area (TPSA) is 45.8 Å². The number of hydrogen-bond acceptors (Lipinski definition) is 4. The molecule has 0 saturated carbocycles. The van der Waals surface area contributed by atoms with Gasteiger partial charge in [0.25, 0.3) is 0 Å². The number of halogens is 1. The summed E-state index contributed by atoms with van der Waals surface area (Å²) in [7, 11) is 1.66. The molecule has 1 aromatic carbocycles. The highest BCUT2D eigenvalue weighted by molar-refractivity contribution is 9.10. The molecule has 0 radical (unpaired) electrons. The van der Waals surface area contributed by atoms with Crippen molar-refractivity contribution in [3.05, 3.63) is 28.2 Å². The van der Waals surface area contributed by atoms with Crippen molar-refractivity contribution in [2.24, 2.45) is 0 Å². The van der Waals surface area contributed by atoms with Crippen LogP contribution in [0, 0.1) is 0 Å². The van der Waals surface area contributed by atoms with E-state index < -0.39 is 0 Å². The van der Waals surface area contributed by atoms with Gasteiger partial charge in [0.1, 0.15) is 5.75 Å². The predicted molar refractivity (Wildman–Crippen MR) is 105 cm³/mol. The first-order valence-corrected chi connectivity index (χ1v) is 9.48. The van der Waals surface area contributed by atoms with Gasteiger partial charge in [-0.25, -0.2) is 0 Å². The molecule has 0 unspecified atom stereocenters. The van der Waals surface area contributed by atoms with Gasteiger partial charge >= 0.3 is 0 Å². The summed E-state index contributed by atoms with van der Waals surface area (Å²) < 4.78 is 11.6. The highest BCUT2D eigenvalue weighted by Gasteiger charge is 2.11. The summed E-state index contributed by atoms with van der Waals surface area (Å²) in [5.74, 6) is 0.828. The van der Waals surface area contributed by atoms with Crippen LogP contribution in [0.1, 0.15) is 24.9 Å². The van der Waals surface area contributed by atoms with Crippen molar-refractivity contribution in [3.8, 4) is 5.75 Å². The maximum Gasteiger partial charge on any atom is 0.166 e. The molecule has 134 valence electrons. The number of benzene rings is 1. The largest absolute Gasteiger partial charge is 0.496 e. The summed E-state index contributed by atoms with van der Waals surface area (Å²) in [5.41, 5.74) is 1.15. The normalized spacial score (nSPS) is 16.5. The average Bonchev–Trinajstić information content (AvgIpc) is 2.59. The first-order valence-electron chi connectivity index (χ1n) is 8.28. The summed E-state index contributed by atoms with van der Waals surface area (Å²) >= 11 is 8.91. The monoisotopic (exact) mass is 415 g/mol. The molecule has 1 fully saturated rings. The Labute approximate surface area is 158 Å². The van der Waals surface area contributed by atoms with Crippen LogP contribution in [0.2, 0.25) is 0 Å². The molecule has 0 bridgehead atoms. The van der Waals surface area contributed by atoms with Crippen LogP contribution in [0.5, 0.6) is 5.75 Å². The van der Waals surface area contributed by atoms with Gasteiger partial charge in [0.05, 0.1) is 30.8 Å². The van der Waals surface area contributed by atoms with Crippen LogP contribution < -0.4 is 15.4 Å². The Morgan fingerprint density at radius 3 is 2.83 bits per heavy atom. The molecule has 1 atom stereocenters. The SMILES string of the molecule is COc1ccc([C@@H](C)NC(=S)NCCCN2CCOCC2)cc1Br. The van der Waals surface area contributed by atoms with Gasteiger partial charge in [-0.1, -0.05) is 6.07 Å². The molecular formula is C17H26BrN3O2S. The van der Waals surface area contributed by atoms with Crippen LogP contribution >= 0.6 is 28.1 Å². The number of methoxy groups -OCH3 is 1. The van der Waals surface area contributed by atoms with Gasteiger partial charge in [-0.2, -0.15) is 0 Å². The van der Waals surface area contributed by atoms with Gasteiger partial charge in [0.15, 0.2) is 5.11 Å². The van der Waals surface area contributed by atoms with Gasteiger partial charge in [0.2, 0.25) is 0 Å². The zero-order valence-corrected chi connectivity index (χ0v) is 16.7. The lowest BCUT2D eigenvalue weighted by molar-refractivity contribution is 0.0376. The van der Waals surface area contributed by atoms with Gasteiger partial charge < -0.3 is 20.1 Å². The van der Waals surface area contributed by atoms with Crippen molar-refractivity contribution < 1.29 is 9.47 Å². The fourth-order valence-corrected chi connectivity index (χ4v) is 3.45. The third-order valence-electron chi connectivity index (χ3n) is 4.06. The highest BCUT2D eigenvalue weighted by atomic mass is 79.9. The number of morpholine rings is 1. The lowest BCUT2D eigenvalue weighted by atomic mass is 10.1. The van der Waals surface area contributed by atoms with Crippen LogP contribution in [-0.4, -0.2) is 56.5 Å². The van der Waals surface area contributed by atoms with Crippen molar-refractivity contribution >= 4 is 33.3 Å². The molecule has 1 aliphatic heterocycles. The van der Waals surface area contributed by atoms with E-state index in [1.54, 1.807) is 7.11 Å². The van der Waals surface area contributed by atoms with E-state index in [1.807, 2.05) is 12.1 Å². The molecule has 1 aromatic rings. The van der Waals surface area contributed by atoms with Crippen molar-refractivity contribution in [2.75, 3.05) is 46.5 Å². The minimum absolute atomic E-state index is 0.131. The summed E-state index contributed by atoms with van der Waals surface area (Å²) in [5, 5.41) is 7.30. The van der Waals surface area contributed by atoms with E-state index in [2.05, 4.69) is 44.5 Å². The van der Waals surface area contributed by atoms with E-state index in [-0.39, 0.29) is 6.04 Å². The lowest BCUT2D eigenvalue weighted by Gasteiger charge is -2.26. The molecule has 0 spiro atoms. The number of hydrogen-bond donors (Lipinski definition) is 2. The fourth-order valence-electron chi connectivity index (χ4n) is 2.61. The minimum Gasteiger partial charge on any atom is -0.496 e. The lowest BCUT2D eigenvalue weighted by Crippen LogP contribution is -2.40. The maximum absolute atomic E-state index is 5.39. The second-order valence-corrected chi connectivity index (χ2v) is 7.09. The Morgan fingerprint density at radius 2 is 2.17 bits per heavy atom. The summed E-state index contributed by atoms with van der Waals surface area (Å²) in [4.78, 5) is 2.43. The Morgan fingerprint density at radius 1 is 1.42 bits per heavy atom. The van der Waals surface area contributed by atoms with E-state index in [4.69, 9.17) is 21.7 Å². The third kappa shape index (κ3) is 6.20. The number of rotatable bonds is 7. The van der Waals surface area contributed by atoms with E-state index in [0.717, 1.165) is 61.6 Å². The number of nitrogens with zero attached hydrogens (tertiary/aromatic N) is 1. The van der Waals surface area contributed by atoms with Crippen LogP contribution in [0.3, 0.4) is 0 Å². The standard InChI is InChI=1S/C17H26BrN3O2S/c1-13(14-4-5-16(22-2)15(18)12-14)20-17(24)19-6-3-7-21-8-10-23-11-9-21/h4-5,12-13H,3,6-11H2,1-2H3,(H2,19,20,24)/t13-/m1/s1. The van der Waals surface area contributed by atoms with Gasteiger partial charge in [0, 0.05) is 19.6 Å². The zero-order valence-electron chi connectivity index (χ0n) is 14.3. The van der Waals surface area contributed by atoms with Gasteiger partial charge in [-0.05, 0) is 65.7 Å². The summed E-state index contributed by atoms with van der Waals surface area (Å²) in [6, 6.07) is 6.18. The number of thiocarbonyl (C=S) groups is 1. The van der Waals surface area contributed by atoms with Crippen molar-refractivity contribution in [1.29, 1.82) is 0 Å². The quantitative estimate of drug-likeness (QED) is 0.527. The first-order chi connectivity index (χ1) is 11.6. The van der Waals surface area contributed by atoms with E-state index in [0.29, 0.717) is 5.11 Å². The molecular weight excluding hydrogens is 390 g/mol. The first kappa shape index (κ1) is 19.4. The molecule has 2 N–H and O–H groups in total. The smallest absolute Gasteiger partial charge is 0.166 e. The summed E-state index contributed by atoms with van der Waals surface area (Å²) in [6.07, 6.45) is 1.07. The second kappa shape index (κ2) is 10.2. The van der Waals surface area contributed by atoms with Gasteiger partial charge in [-0.3, -0.25) is 4.90 Å². The number of ether oxygens (including phenoxy) is 2. The van der Waals surface area contributed by atoms with Crippen LogP contribution in [0.15, 0.2) is 22.7 Å². The van der Waals surface area contributed by atoms with Crippen LogP contribution in [0.4, 0.5) is 0 Å². The summed E-state index contributed by atoms with van der Waals surface area (Å²) in [6.45, 7) is 7.82. The molecule has 1 saturated heterocycles. The van der Waals surface area contributed by atoms with E-state index >= 15 is 0 Å². The Kier molecular flexibility index (Phi) is 8.24. The van der Waals surface area contributed by atoms with E-state index in [9.17, 15) is 0 Å². The molecule has 1 aliphatic rings. The molecule has 1 heterocycles. The third-order valence-corrected chi connectivity index (χ3v) is 4.95. The Hall–Kier alpha value is -0.890. The predicted octanol–water partition coefficient (Wildman–Crippen LogP) is 2.71. The average molecular weight is 416 g/mol. The zero-order chi connectivity index (χ0) is 17.4. The highest BCUT2D eigenvalue weighted by Crippen LogP contribution is 2.27. The minimum atomic E-state index is 0.131. The fraction of sp³-hybridized carbons (Fsp3) is 0.588. The Balaban J connectivity index is 1.68. The molecule has 0 aliphatic carbocycles. The molecule has 0 amide bonds. The van der Waals surface area contributed by atoms with Crippen molar-refractivity contribution in [2.45, 2.75) is 19.4 Å². The van der Waals surface area contributed by atoms with E-state index in [1.165, 1.54) is 0 Å². The second-order valence-electron chi connectivity index (χ2n) is 5.82. The molecule has 24 heavy (non-hydrogen) atoms. The number of nitrogens with one attached hydrogen (secondary N) is 2. The van der Waals surface area contributed by atoms with Gasteiger partial charge in [-0.15, -0.1) is 0 Å². The molecule has 5 nitrogen and oxygen atoms in total. The molecule has 7 heteroatoms. The molecule has 2 rings (SSSR count). The van der Waals surface area contributed by atoms with Crippen molar-refractivity contribution in [3.63, 3.8) is 0 Å². The van der Waals surface area contributed by atoms with Crippen LogP contribution in [-0.2, 0) is 4.74 Å². The molecule has 0 aromatic heterocycles.